The predicted octanol–water partition coefficient (Wildman–Crippen LogP) is 3.16. The molecule has 21 heavy (non-hydrogen) atoms. The van der Waals surface area contributed by atoms with E-state index in [1.165, 1.54) is 16.7 Å². The van der Waals surface area contributed by atoms with Gasteiger partial charge in [-0.2, -0.15) is 5.10 Å². The molecule has 0 atom stereocenters. The molecule has 1 fully saturated rings. The number of para-hydroxylation sites is 1. The maximum absolute atomic E-state index is 12.8. The number of carbonyl (C=O) groups excluding carboxylic acids is 1. The minimum Gasteiger partial charge on any atom is -0.306 e. The summed E-state index contributed by atoms with van der Waals surface area (Å²) in [6.45, 7) is 0.763. The lowest BCUT2D eigenvalue weighted by Crippen LogP contribution is -2.41. The van der Waals surface area contributed by atoms with Gasteiger partial charge >= 0.3 is 0 Å². The Labute approximate surface area is 128 Å². The van der Waals surface area contributed by atoms with E-state index in [1.54, 1.807) is 13.1 Å². The highest BCUT2D eigenvalue weighted by Gasteiger charge is 2.48. The maximum Gasteiger partial charge on any atom is 0.278 e. The van der Waals surface area contributed by atoms with Gasteiger partial charge in [-0.3, -0.25) is 9.48 Å². The van der Waals surface area contributed by atoms with E-state index in [0.717, 1.165) is 25.1 Å². The van der Waals surface area contributed by atoms with Crippen molar-refractivity contribution in [1.82, 2.24) is 9.78 Å². The van der Waals surface area contributed by atoms with Crippen molar-refractivity contribution in [3.8, 4) is 0 Å². The van der Waals surface area contributed by atoms with Gasteiger partial charge in [0.05, 0.1) is 0 Å². The number of hydrogen-bond donors (Lipinski definition) is 0. The highest BCUT2D eigenvalue weighted by Crippen LogP contribution is 2.52. The first-order valence-electron chi connectivity index (χ1n) is 7.22. The number of halogens is 1. The number of fused-ring (bicyclic) bond motifs is 2. The topological polar surface area (TPSA) is 38.1 Å². The molecule has 1 aliphatic carbocycles. The van der Waals surface area contributed by atoms with E-state index >= 15 is 0 Å². The molecular weight excluding hydrogens is 286 g/mol. The van der Waals surface area contributed by atoms with Gasteiger partial charge in [-0.05, 0) is 24.5 Å². The van der Waals surface area contributed by atoms with Crippen LogP contribution in [0.5, 0.6) is 0 Å². The molecule has 0 radical (unpaired) electrons. The zero-order valence-electron chi connectivity index (χ0n) is 11.8. The Bertz CT molecular complexity index is 713. The van der Waals surface area contributed by atoms with E-state index in [-0.39, 0.29) is 11.3 Å². The molecule has 2 aliphatic rings. The van der Waals surface area contributed by atoms with Gasteiger partial charge in [0, 0.05) is 30.8 Å². The standard InChI is InChI=1S/C16H16ClN3O/c1-19-14(17)9-12(18-19)15(21)20-10-16(7-4-8-16)11-5-2-3-6-13(11)20/h2-3,5-6,9H,4,7-8,10H2,1H3. The Kier molecular flexibility index (Phi) is 2.67. The van der Waals surface area contributed by atoms with Crippen molar-refractivity contribution in [3.05, 3.63) is 46.7 Å². The fourth-order valence-electron chi connectivity index (χ4n) is 3.53. The number of aryl methyl sites for hydroxylation is 1. The zero-order valence-corrected chi connectivity index (χ0v) is 12.6. The lowest BCUT2D eigenvalue weighted by molar-refractivity contribution is 0.0973. The van der Waals surface area contributed by atoms with E-state index in [9.17, 15) is 4.79 Å². The Morgan fingerprint density at radius 3 is 2.71 bits per heavy atom. The first-order valence-corrected chi connectivity index (χ1v) is 7.59. The number of rotatable bonds is 1. The van der Waals surface area contributed by atoms with Crippen molar-refractivity contribution in [1.29, 1.82) is 0 Å². The van der Waals surface area contributed by atoms with Crippen LogP contribution >= 0.6 is 11.6 Å². The monoisotopic (exact) mass is 301 g/mol. The Morgan fingerprint density at radius 1 is 1.33 bits per heavy atom. The summed E-state index contributed by atoms with van der Waals surface area (Å²) in [5, 5.41) is 4.69. The van der Waals surface area contributed by atoms with Crippen molar-refractivity contribution in [3.63, 3.8) is 0 Å². The highest BCUT2D eigenvalue weighted by molar-refractivity contribution is 6.30. The van der Waals surface area contributed by atoms with E-state index in [4.69, 9.17) is 11.6 Å². The Balaban J connectivity index is 1.75. The molecule has 1 aromatic carbocycles. The fourth-order valence-corrected chi connectivity index (χ4v) is 3.67. The third-order valence-corrected chi connectivity index (χ3v) is 5.18. The summed E-state index contributed by atoms with van der Waals surface area (Å²) < 4.78 is 1.52. The summed E-state index contributed by atoms with van der Waals surface area (Å²) in [5.41, 5.74) is 2.93. The minimum absolute atomic E-state index is 0.0614. The molecule has 4 rings (SSSR count). The van der Waals surface area contributed by atoms with Gasteiger partial charge < -0.3 is 4.90 Å². The van der Waals surface area contributed by atoms with Crippen LogP contribution in [0.1, 0.15) is 35.3 Å². The molecule has 1 aliphatic heterocycles. The molecule has 2 heterocycles. The van der Waals surface area contributed by atoms with Crippen LogP contribution in [0.2, 0.25) is 5.15 Å². The van der Waals surface area contributed by atoms with Crippen LogP contribution in [0.25, 0.3) is 0 Å². The number of nitrogens with zero attached hydrogens (tertiary/aromatic N) is 3. The number of carbonyl (C=O) groups is 1. The number of amides is 1. The predicted molar refractivity (Wildman–Crippen MR) is 81.9 cm³/mol. The molecule has 5 heteroatoms. The highest BCUT2D eigenvalue weighted by atomic mass is 35.5. The van der Waals surface area contributed by atoms with E-state index in [0.29, 0.717) is 10.8 Å². The molecule has 0 saturated heterocycles. The maximum atomic E-state index is 12.8. The van der Waals surface area contributed by atoms with Crippen LogP contribution < -0.4 is 4.90 Å². The molecule has 4 nitrogen and oxygen atoms in total. The van der Waals surface area contributed by atoms with Crippen LogP contribution in [0, 0.1) is 0 Å². The number of anilines is 1. The van der Waals surface area contributed by atoms with Crippen LogP contribution in [-0.4, -0.2) is 22.2 Å². The van der Waals surface area contributed by atoms with Crippen LogP contribution in [0.4, 0.5) is 5.69 Å². The molecule has 1 saturated carbocycles. The Hall–Kier alpha value is -1.81. The quantitative estimate of drug-likeness (QED) is 0.811. The lowest BCUT2D eigenvalue weighted by atomic mass is 9.66. The van der Waals surface area contributed by atoms with Crippen molar-refractivity contribution >= 4 is 23.2 Å². The van der Waals surface area contributed by atoms with E-state index in [1.807, 2.05) is 17.0 Å². The van der Waals surface area contributed by atoms with Gasteiger partial charge in [-0.15, -0.1) is 0 Å². The molecule has 0 bridgehead atoms. The largest absolute Gasteiger partial charge is 0.306 e. The van der Waals surface area contributed by atoms with Crippen LogP contribution in [-0.2, 0) is 12.5 Å². The van der Waals surface area contributed by atoms with E-state index < -0.39 is 0 Å². The first-order chi connectivity index (χ1) is 10.1. The molecule has 0 N–H and O–H groups in total. The van der Waals surface area contributed by atoms with Crippen LogP contribution in [0.3, 0.4) is 0 Å². The van der Waals surface area contributed by atoms with Gasteiger partial charge in [-0.25, -0.2) is 0 Å². The fraction of sp³-hybridized carbons (Fsp3) is 0.375. The second kappa shape index (κ2) is 4.34. The normalized spacial score (nSPS) is 18.7. The second-order valence-electron chi connectivity index (χ2n) is 6.02. The SMILES string of the molecule is Cn1nc(C(=O)N2CC3(CCC3)c3ccccc32)cc1Cl. The number of hydrogen-bond acceptors (Lipinski definition) is 2. The van der Waals surface area contributed by atoms with Crippen molar-refractivity contribution < 1.29 is 4.79 Å². The third-order valence-electron chi connectivity index (χ3n) is 4.82. The van der Waals surface area contributed by atoms with Crippen molar-refractivity contribution in [2.24, 2.45) is 7.05 Å². The van der Waals surface area contributed by atoms with Crippen molar-refractivity contribution in [2.75, 3.05) is 11.4 Å². The minimum atomic E-state index is -0.0614. The summed E-state index contributed by atoms with van der Waals surface area (Å²) in [5.74, 6) is -0.0614. The first kappa shape index (κ1) is 12.9. The summed E-state index contributed by atoms with van der Waals surface area (Å²) in [4.78, 5) is 14.7. The smallest absolute Gasteiger partial charge is 0.278 e. The summed E-state index contributed by atoms with van der Waals surface area (Å²) in [6.07, 6.45) is 3.57. The van der Waals surface area contributed by atoms with Crippen molar-refractivity contribution in [2.45, 2.75) is 24.7 Å². The number of benzene rings is 1. The third kappa shape index (κ3) is 1.75. The Morgan fingerprint density at radius 2 is 2.10 bits per heavy atom. The van der Waals surface area contributed by atoms with Gasteiger partial charge in [0.1, 0.15) is 5.15 Å². The van der Waals surface area contributed by atoms with E-state index in [2.05, 4.69) is 17.2 Å². The summed E-state index contributed by atoms with van der Waals surface area (Å²) >= 11 is 6.00. The van der Waals surface area contributed by atoms with Gasteiger partial charge in [0.25, 0.3) is 5.91 Å². The van der Waals surface area contributed by atoms with Gasteiger partial charge in [0.2, 0.25) is 0 Å². The number of aromatic nitrogens is 2. The molecular formula is C16H16ClN3O. The summed E-state index contributed by atoms with van der Waals surface area (Å²) in [7, 11) is 1.74. The van der Waals surface area contributed by atoms with Gasteiger partial charge in [0.15, 0.2) is 5.69 Å². The summed E-state index contributed by atoms with van der Waals surface area (Å²) in [6, 6.07) is 9.88. The lowest BCUT2D eigenvalue weighted by Gasteiger charge is -2.38. The molecule has 0 unspecified atom stereocenters. The molecule has 1 aromatic heterocycles. The average molecular weight is 302 g/mol. The van der Waals surface area contributed by atoms with Crippen LogP contribution in [0.15, 0.2) is 30.3 Å². The average Bonchev–Trinajstić information content (AvgIpc) is 2.97. The molecule has 1 amide bonds. The van der Waals surface area contributed by atoms with Gasteiger partial charge in [-0.1, -0.05) is 36.2 Å². The second-order valence-corrected chi connectivity index (χ2v) is 6.41. The molecule has 1 spiro atoms. The molecule has 2 aromatic rings. The molecule has 108 valence electrons. The zero-order chi connectivity index (χ0) is 14.6.